The van der Waals surface area contributed by atoms with Gasteiger partial charge in [0.15, 0.2) is 0 Å². The number of alkyl halides is 1. The Morgan fingerprint density at radius 2 is 2.11 bits per heavy atom. The van der Waals surface area contributed by atoms with E-state index in [1.807, 2.05) is 12.1 Å². The second-order valence-corrected chi connectivity index (χ2v) is 4.80. The fourth-order valence-electron chi connectivity index (χ4n) is 2.52. The van der Waals surface area contributed by atoms with Gasteiger partial charge in [-0.2, -0.15) is 0 Å². The molecule has 0 saturated carbocycles. The van der Waals surface area contributed by atoms with Crippen LogP contribution in [0.25, 0.3) is 10.9 Å². The number of H-pyrrole nitrogens is 1. The molecule has 0 fully saturated rings. The summed E-state index contributed by atoms with van der Waals surface area (Å²) in [5, 5.41) is 1.28. The fraction of sp³-hybridized carbons (Fsp3) is 0.375. The maximum absolute atomic E-state index is 12.5. The van der Waals surface area contributed by atoms with Crippen molar-refractivity contribution in [2.24, 2.45) is 0 Å². The topological polar surface area (TPSA) is 19.0 Å². The number of nitrogens with one attached hydrogen (secondary N) is 1. The van der Waals surface area contributed by atoms with Crippen LogP contribution in [0, 0.1) is 6.92 Å². The van der Waals surface area contributed by atoms with Crippen molar-refractivity contribution in [3.63, 3.8) is 0 Å². The molecule has 1 aromatic carbocycles. The third-order valence-electron chi connectivity index (χ3n) is 3.49. The van der Waals surface area contributed by atoms with Gasteiger partial charge in [-0.3, -0.25) is 4.90 Å². The molecule has 0 aliphatic heterocycles. The predicted octanol–water partition coefficient (Wildman–Crippen LogP) is 3.48. The molecule has 2 aromatic rings. The molecule has 1 aromatic heterocycles. The van der Waals surface area contributed by atoms with E-state index in [4.69, 9.17) is 0 Å². The van der Waals surface area contributed by atoms with Gasteiger partial charge >= 0.3 is 0 Å². The van der Waals surface area contributed by atoms with Crippen molar-refractivity contribution in [2.75, 3.05) is 26.3 Å². The summed E-state index contributed by atoms with van der Waals surface area (Å²) in [5.74, 6) is 0. The summed E-state index contributed by atoms with van der Waals surface area (Å²) in [5.41, 5.74) is 3.72. The molecule has 0 radical (unpaired) electrons. The molecular formula is C16H21FN2. The number of rotatable bonds is 7. The van der Waals surface area contributed by atoms with E-state index in [-0.39, 0.29) is 6.67 Å². The minimum absolute atomic E-state index is 0.305. The lowest BCUT2D eigenvalue weighted by Gasteiger charge is -2.18. The van der Waals surface area contributed by atoms with Gasteiger partial charge in [-0.05, 0) is 25.0 Å². The number of hydrogen-bond acceptors (Lipinski definition) is 1. The van der Waals surface area contributed by atoms with Crippen LogP contribution in [-0.2, 0) is 6.42 Å². The van der Waals surface area contributed by atoms with Gasteiger partial charge < -0.3 is 4.98 Å². The zero-order valence-corrected chi connectivity index (χ0v) is 11.5. The molecule has 3 heteroatoms. The Labute approximate surface area is 113 Å². The highest BCUT2D eigenvalue weighted by atomic mass is 19.1. The van der Waals surface area contributed by atoms with E-state index in [1.54, 1.807) is 0 Å². The van der Waals surface area contributed by atoms with E-state index in [1.165, 1.54) is 22.2 Å². The average Bonchev–Trinajstić information content (AvgIpc) is 2.72. The molecule has 1 N–H and O–H groups in total. The molecule has 19 heavy (non-hydrogen) atoms. The Hall–Kier alpha value is -1.61. The standard InChI is InChI=1S/C16H21FN2/c1-3-10-19(12-9-17)11-8-14-13(2)18-16-7-5-4-6-15(14)16/h3-7,18H,1,8-12H2,2H3. The zero-order valence-electron chi connectivity index (χ0n) is 11.5. The van der Waals surface area contributed by atoms with Crippen LogP contribution in [-0.4, -0.2) is 36.2 Å². The van der Waals surface area contributed by atoms with Gasteiger partial charge in [-0.15, -0.1) is 6.58 Å². The number of aromatic amines is 1. The molecule has 2 rings (SSSR count). The van der Waals surface area contributed by atoms with E-state index < -0.39 is 0 Å². The molecule has 0 aliphatic rings. The van der Waals surface area contributed by atoms with Gasteiger partial charge in [-0.1, -0.05) is 24.3 Å². The highest BCUT2D eigenvalue weighted by molar-refractivity contribution is 5.84. The summed E-state index contributed by atoms with van der Waals surface area (Å²) >= 11 is 0. The molecule has 0 aliphatic carbocycles. The number of halogens is 1. The maximum atomic E-state index is 12.5. The van der Waals surface area contributed by atoms with Crippen LogP contribution in [0.5, 0.6) is 0 Å². The number of nitrogens with zero attached hydrogens (tertiary/aromatic N) is 1. The van der Waals surface area contributed by atoms with Crippen molar-refractivity contribution < 1.29 is 4.39 Å². The van der Waals surface area contributed by atoms with Gasteiger partial charge in [0, 0.05) is 36.2 Å². The molecule has 0 amide bonds. The average molecular weight is 260 g/mol. The number of hydrogen-bond donors (Lipinski definition) is 1. The first kappa shape index (κ1) is 13.8. The minimum atomic E-state index is -0.305. The van der Waals surface area contributed by atoms with Gasteiger partial charge in [0.2, 0.25) is 0 Å². The lowest BCUT2D eigenvalue weighted by Crippen LogP contribution is -2.28. The summed E-state index contributed by atoms with van der Waals surface area (Å²) in [7, 11) is 0. The maximum Gasteiger partial charge on any atom is 0.102 e. The fourth-order valence-corrected chi connectivity index (χ4v) is 2.52. The van der Waals surface area contributed by atoms with Crippen molar-refractivity contribution in [3.8, 4) is 0 Å². The highest BCUT2D eigenvalue weighted by Crippen LogP contribution is 2.22. The number of para-hydroxylation sites is 1. The summed E-state index contributed by atoms with van der Waals surface area (Å²) in [6.45, 7) is 7.60. The Balaban J connectivity index is 2.12. The second kappa shape index (κ2) is 6.53. The van der Waals surface area contributed by atoms with Crippen molar-refractivity contribution in [3.05, 3.63) is 48.2 Å². The number of aromatic nitrogens is 1. The quantitative estimate of drug-likeness (QED) is 0.755. The van der Waals surface area contributed by atoms with Crippen LogP contribution in [0.1, 0.15) is 11.3 Å². The number of aryl methyl sites for hydroxylation is 1. The third-order valence-corrected chi connectivity index (χ3v) is 3.49. The van der Waals surface area contributed by atoms with Gasteiger partial charge in [0.25, 0.3) is 0 Å². The second-order valence-electron chi connectivity index (χ2n) is 4.80. The summed E-state index contributed by atoms with van der Waals surface area (Å²) in [6.07, 6.45) is 2.77. The summed E-state index contributed by atoms with van der Waals surface area (Å²) < 4.78 is 12.5. The van der Waals surface area contributed by atoms with Gasteiger partial charge in [0.05, 0.1) is 0 Å². The molecule has 0 unspecified atom stereocenters. The molecular weight excluding hydrogens is 239 g/mol. The molecule has 2 nitrogen and oxygen atoms in total. The molecule has 0 bridgehead atoms. The Bertz CT molecular complexity index is 545. The van der Waals surface area contributed by atoms with Crippen LogP contribution in [0.15, 0.2) is 36.9 Å². The first-order chi connectivity index (χ1) is 9.26. The van der Waals surface area contributed by atoms with Crippen molar-refractivity contribution >= 4 is 10.9 Å². The number of fused-ring (bicyclic) bond motifs is 1. The summed E-state index contributed by atoms with van der Waals surface area (Å²) in [4.78, 5) is 5.49. The molecule has 0 spiro atoms. The smallest absolute Gasteiger partial charge is 0.102 e. The van der Waals surface area contributed by atoms with Crippen LogP contribution in [0.3, 0.4) is 0 Å². The van der Waals surface area contributed by atoms with Crippen molar-refractivity contribution in [1.82, 2.24) is 9.88 Å². The zero-order chi connectivity index (χ0) is 13.7. The van der Waals surface area contributed by atoms with Crippen molar-refractivity contribution in [1.29, 1.82) is 0 Å². The highest BCUT2D eigenvalue weighted by Gasteiger charge is 2.09. The monoisotopic (exact) mass is 260 g/mol. The van der Waals surface area contributed by atoms with Crippen LogP contribution in [0.4, 0.5) is 4.39 Å². The van der Waals surface area contributed by atoms with Crippen LogP contribution in [0.2, 0.25) is 0 Å². The van der Waals surface area contributed by atoms with E-state index >= 15 is 0 Å². The summed E-state index contributed by atoms with van der Waals surface area (Å²) in [6, 6.07) is 8.33. The Kier molecular flexibility index (Phi) is 4.74. The molecule has 0 saturated heterocycles. The third kappa shape index (κ3) is 3.24. The van der Waals surface area contributed by atoms with E-state index in [0.717, 1.165) is 19.5 Å². The van der Waals surface area contributed by atoms with E-state index in [9.17, 15) is 4.39 Å². The van der Waals surface area contributed by atoms with Crippen LogP contribution >= 0.6 is 0 Å². The van der Waals surface area contributed by atoms with Crippen molar-refractivity contribution in [2.45, 2.75) is 13.3 Å². The Morgan fingerprint density at radius 3 is 2.84 bits per heavy atom. The molecule has 0 atom stereocenters. The van der Waals surface area contributed by atoms with Gasteiger partial charge in [0.1, 0.15) is 6.67 Å². The first-order valence-electron chi connectivity index (χ1n) is 6.71. The lowest BCUT2D eigenvalue weighted by atomic mass is 10.1. The van der Waals surface area contributed by atoms with Crippen LogP contribution < -0.4 is 0 Å². The molecule has 1 heterocycles. The Morgan fingerprint density at radius 1 is 1.32 bits per heavy atom. The normalized spacial score (nSPS) is 11.3. The molecule has 102 valence electrons. The van der Waals surface area contributed by atoms with E-state index in [2.05, 4.69) is 41.6 Å². The lowest BCUT2D eigenvalue weighted by molar-refractivity contribution is 0.273. The SMILES string of the molecule is C=CCN(CCF)CCc1c(C)[nH]c2ccccc12. The largest absolute Gasteiger partial charge is 0.358 e. The van der Waals surface area contributed by atoms with Gasteiger partial charge in [-0.25, -0.2) is 4.39 Å². The van der Waals surface area contributed by atoms with E-state index in [0.29, 0.717) is 6.54 Å². The minimum Gasteiger partial charge on any atom is -0.358 e. The number of benzene rings is 1. The predicted molar refractivity (Wildman–Crippen MR) is 79.4 cm³/mol. The first-order valence-corrected chi connectivity index (χ1v) is 6.71.